The van der Waals surface area contributed by atoms with Crippen LogP contribution < -0.4 is 19.5 Å². The number of methoxy groups -OCH3 is 3. The summed E-state index contributed by atoms with van der Waals surface area (Å²) in [6, 6.07) is 3.91. The van der Waals surface area contributed by atoms with E-state index in [1.54, 1.807) is 21.3 Å². The van der Waals surface area contributed by atoms with Crippen LogP contribution in [0.1, 0.15) is 38.2 Å². The van der Waals surface area contributed by atoms with Gasteiger partial charge in [0.1, 0.15) is 0 Å². The van der Waals surface area contributed by atoms with E-state index in [-0.39, 0.29) is 11.9 Å². The van der Waals surface area contributed by atoms with Crippen molar-refractivity contribution in [3.8, 4) is 17.2 Å². The van der Waals surface area contributed by atoms with Crippen LogP contribution in [-0.4, -0.2) is 33.3 Å². The number of fused-ring (bicyclic) bond motifs is 2. The highest BCUT2D eigenvalue weighted by molar-refractivity contribution is 5.79. The summed E-state index contributed by atoms with van der Waals surface area (Å²) in [5, 5.41) is 3.21. The second-order valence-corrected chi connectivity index (χ2v) is 7.41. The standard InChI is InChI=1S/C20H29NO4/c1-12(16-8-13-5-6-15(16)7-13)21-19(22)11-14-9-17(23-2)20(25-4)18(10-14)24-3/h9-10,12-13,15-16H,5-8,11H2,1-4H3,(H,21,22)/t12-,13-,15-,16-/m0/s1. The Morgan fingerprint density at radius 3 is 2.28 bits per heavy atom. The van der Waals surface area contributed by atoms with Gasteiger partial charge in [-0.25, -0.2) is 0 Å². The molecule has 2 aliphatic carbocycles. The number of hydrogen-bond donors (Lipinski definition) is 1. The third-order valence-electron chi connectivity index (χ3n) is 5.91. The maximum absolute atomic E-state index is 12.5. The van der Waals surface area contributed by atoms with Crippen molar-refractivity contribution in [3.63, 3.8) is 0 Å². The second-order valence-electron chi connectivity index (χ2n) is 7.41. The number of hydrogen-bond acceptors (Lipinski definition) is 4. The van der Waals surface area contributed by atoms with E-state index in [0.717, 1.165) is 17.4 Å². The summed E-state index contributed by atoms with van der Waals surface area (Å²) in [4.78, 5) is 12.5. The molecule has 1 aromatic carbocycles. The summed E-state index contributed by atoms with van der Waals surface area (Å²) in [6.45, 7) is 2.15. The zero-order valence-corrected chi connectivity index (χ0v) is 15.6. The Kier molecular flexibility index (Phi) is 5.40. The van der Waals surface area contributed by atoms with Crippen LogP contribution in [-0.2, 0) is 11.2 Å². The van der Waals surface area contributed by atoms with Gasteiger partial charge in [-0.05, 0) is 61.6 Å². The fourth-order valence-electron chi connectivity index (χ4n) is 4.74. The van der Waals surface area contributed by atoms with Gasteiger partial charge in [-0.1, -0.05) is 6.42 Å². The summed E-state index contributed by atoms with van der Waals surface area (Å²) < 4.78 is 16.0. The van der Waals surface area contributed by atoms with Crippen molar-refractivity contribution in [2.45, 2.75) is 45.1 Å². The first-order valence-electron chi connectivity index (χ1n) is 9.14. The largest absolute Gasteiger partial charge is 0.493 e. The lowest BCUT2D eigenvalue weighted by atomic mass is 9.84. The van der Waals surface area contributed by atoms with Crippen LogP contribution in [0.5, 0.6) is 17.2 Å². The smallest absolute Gasteiger partial charge is 0.224 e. The van der Waals surface area contributed by atoms with Crippen molar-refractivity contribution in [2.24, 2.45) is 17.8 Å². The molecular weight excluding hydrogens is 318 g/mol. The molecule has 0 heterocycles. The topological polar surface area (TPSA) is 56.8 Å². The van der Waals surface area contributed by atoms with Crippen molar-refractivity contribution in [3.05, 3.63) is 17.7 Å². The first-order chi connectivity index (χ1) is 12.0. The maximum atomic E-state index is 12.5. The summed E-state index contributed by atoms with van der Waals surface area (Å²) in [5.74, 6) is 4.08. The summed E-state index contributed by atoms with van der Waals surface area (Å²) in [5.41, 5.74) is 0.854. The molecule has 2 aliphatic rings. The van der Waals surface area contributed by atoms with E-state index in [9.17, 15) is 4.79 Å². The lowest BCUT2D eigenvalue weighted by molar-refractivity contribution is -0.121. The van der Waals surface area contributed by atoms with E-state index in [2.05, 4.69) is 12.2 Å². The highest BCUT2D eigenvalue weighted by atomic mass is 16.5. The minimum Gasteiger partial charge on any atom is -0.493 e. The fraction of sp³-hybridized carbons (Fsp3) is 0.650. The second kappa shape index (κ2) is 7.54. The predicted molar refractivity (Wildman–Crippen MR) is 96.3 cm³/mol. The Morgan fingerprint density at radius 1 is 1.12 bits per heavy atom. The van der Waals surface area contributed by atoms with Crippen molar-refractivity contribution in [1.29, 1.82) is 0 Å². The molecule has 25 heavy (non-hydrogen) atoms. The first-order valence-corrected chi connectivity index (χ1v) is 9.14. The van der Waals surface area contributed by atoms with Crippen molar-refractivity contribution in [1.82, 2.24) is 5.32 Å². The molecule has 3 rings (SSSR count). The number of carbonyl (C=O) groups is 1. The van der Waals surface area contributed by atoms with Gasteiger partial charge in [0.2, 0.25) is 11.7 Å². The van der Waals surface area contributed by atoms with E-state index >= 15 is 0 Å². The number of benzene rings is 1. The van der Waals surface area contributed by atoms with Gasteiger partial charge in [0.15, 0.2) is 11.5 Å². The van der Waals surface area contributed by atoms with Gasteiger partial charge >= 0.3 is 0 Å². The number of nitrogens with one attached hydrogen (secondary N) is 1. The SMILES string of the molecule is COc1cc(CC(=O)N[C@@H](C)[C@@H]2C[C@H]3CC[C@H]2C3)cc(OC)c1OC. The zero-order valence-electron chi connectivity index (χ0n) is 15.6. The Bertz CT molecular complexity index is 605. The Labute approximate surface area is 150 Å². The third kappa shape index (κ3) is 3.70. The third-order valence-corrected chi connectivity index (χ3v) is 5.91. The Morgan fingerprint density at radius 2 is 1.80 bits per heavy atom. The Balaban J connectivity index is 1.64. The molecular formula is C20H29NO4. The molecule has 1 N–H and O–H groups in total. The highest BCUT2D eigenvalue weighted by Gasteiger charge is 2.42. The lowest BCUT2D eigenvalue weighted by Gasteiger charge is -2.28. The van der Waals surface area contributed by atoms with Gasteiger partial charge in [0.05, 0.1) is 27.8 Å². The summed E-state index contributed by atoms with van der Waals surface area (Å²) in [6.07, 6.45) is 5.66. The Hall–Kier alpha value is -1.91. The van der Waals surface area contributed by atoms with Crippen LogP contribution in [0.2, 0.25) is 0 Å². The average molecular weight is 347 g/mol. The molecule has 5 nitrogen and oxygen atoms in total. The van der Waals surface area contributed by atoms with E-state index in [4.69, 9.17) is 14.2 Å². The predicted octanol–water partition coefficient (Wildman–Crippen LogP) is 3.20. The maximum Gasteiger partial charge on any atom is 0.224 e. The van der Waals surface area contributed by atoms with Crippen LogP contribution in [0.15, 0.2) is 12.1 Å². The molecule has 2 bridgehead atoms. The molecule has 0 aliphatic heterocycles. The van der Waals surface area contributed by atoms with Crippen LogP contribution in [0.25, 0.3) is 0 Å². The average Bonchev–Trinajstić information content (AvgIpc) is 3.23. The van der Waals surface area contributed by atoms with Crippen LogP contribution in [0, 0.1) is 17.8 Å². The normalized spacial score (nSPS) is 25.5. The molecule has 1 aromatic rings. The molecule has 1 amide bonds. The summed E-state index contributed by atoms with van der Waals surface area (Å²) >= 11 is 0. The van der Waals surface area contributed by atoms with E-state index < -0.39 is 0 Å². The number of amides is 1. The van der Waals surface area contributed by atoms with Gasteiger partial charge in [-0.2, -0.15) is 0 Å². The summed E-state index contributed by atoms with van der Waals surface area (Å²) in [7, 11) is 4.74. The van der Waals surface area contributed by atoms with Crippen molar-refractivity contribution >= 4 is 5.91 Å². The van der Waals surface area contributed by atoms with Gasteiger partial charge in [-0.3, -0.25) is 4.79 Å². The minimum absolute atomic E-state index is 0.0459. The van der Waals surface area contributed by atoms with E-state index in [1.165, 1.54) is 25.7 Å². The molecule has 0 radical (unpaired) electrons. The minimum atomic E-state index is 0.0459. The van der Waals surface area contributed by atoms with Crippen molar-refractivity contribution < 1.29 is 19.0 Å². The number of carbonyl (C=O) groups excluding carboxylic acids is 1. The molecule has 138 valence electrons. The lowest BCUT2D eigenvalue weighted by Crippen LogP contribution is -2.40. The molecule has 0 unspecified atom stereocenters. The van der Waals surface area contributed by atoms with Crippen LogP contribution >= 0.6 is 0 Å². The number of ether oxygens (including phenoxy) is 3. The van der Waals surface area contributed by atoms with Crippen LogP contribution in [0.3, 0.4) is 0 Å². The monoisotopic (exact) mass is 347 g/mol. The molecule has 0 aromatic heterocycles. The van der Waals surface area contributed by atoms with Gasteiger partial charge in [0.25, 0.3) is 0 Å². The highest BCUT2D eigenvalue weighted by Crippen LogP contribution is 2.49. The fourth-order valence-corrected chi connectivity index (χ4v) is 4.74. The van der Waals surface area contributed by atoms with Gasteiger partial charge < -0.3 is 19.5 Å². The van der Waals surface area contributed by atoms with Gasteiger partial charge in [0, 0.05) is 6.04 Å². The van der Waals surface area contributed by atoms with Crippen molar-refractivity contribution in [2.75, 3.05) is 21.3 Å². The molecule has 2 fully saturated rings. The van der Waals surface area contributed by atoms with Crippen LogP contribution in [0.4, 0.5) is 0 Å². The molecule has 5 heteroatoms. The molecule has 4 atom stereocenters. The molecule has 2 saturated carbocycles. The zero-order chi connectivity index (χ0) is 18.0. The van der Waals surface area contributed by atoms with E-state index in [1.807, 2.05) is 12.1 Å². The molecule has 0 spiro atoms. The van der Waals surface area contributed by atoms with E-state index in [0.29, 0.717) is 29.6 Å². The van der Waals surface area contributed by atoms with Gasteiger partial charge in [-0.15, -0.1) is 0 Å². The number of rotatable bonds is 7. The molecule has 0 saturated heterocycles. The first kappa shape index (κ1) is 17.9. The quantitative estimate of drug-likeness (QED) is 0.823.